The van der Waals surface area contributed by atoms with Crippen molar-refractivity contribution in [3.8, 4) is 0 Å². The Hall–Kier alpha value is -3.35. The van der Waals surface area contributed by atoms with E-state index in [4.69, 9.17) is 9.47 Å². The van der Waals surface area contributed by atoms with Crippen LogP contribution in [-0.2, 0) is 27.5 Å². The molecular formula is C20H22N2O5. The van der Waals surface area contributed by atoms with E-state index in [-0.39, 0.29) is 19.8 Å². The average molecular weight is 370 g/mol. The lowest BCUT2D eigenvalue weighted by atomic mass is 10.2. The van der Waals surface area contributed by atoms with Gasteiger partial charge in [0.15, 0.2) is 0 Å². The van der Waals surface area contributed by atoms with Crippen molar-refractivity contribution < 1.29 is 23.9 Å². The normalized spacial score (nSPS) is 11.1. The van der Waals surface area contributed by atoms with Gasteiger partial charge in [-0.2, -0.15) is 0 Å². The second-order valence-electron chi connectivity index (χ2n) is 5.80. The number of ether oxygens (including phenoxy) is 2. The number of carbonyl (C=O) groups is 3. The van der Waals surface area contributed by atoms with Crippen LogP contribution in [0.25, 0.3) is 0 Å². The summed E-state index contributed by atoms with van der Waals surface area (Å²) < 4.78 is 10.2. The number of amides is 2. The highest BCUT2D eigenvalue weighted by molar-refractivity contribution is 5.74. The molecule has 0 saturated heterocycles. The second kappa shape index (κ2) is 10.6. The largest absolute Gasteiger partial charge is 0.445 e. The van der Waals surface area contributed by atoms with Crippen LogP contribution in [0, 0.1) is 0 Å². The summed E-state index contributed by atoms with van der Waals surface area (Å²) >= 11 is 0. The van der Waals surface area contributed by atoms with E-state index in [9.17, 15) is 14.4 Å². The molecule has 2 aromatic carbocycles. The number of carbonyl (C=O) groups excluding carboxylic acids is 3. The zero-order chi connectivity index (χ0) is 19.5. The quantitative estimate of drug-likeness (QED) is 0.722. The fraction of sp³-hybridized carbons (Fsp3) is 0.250. The van der Waals surface area contributed by atoms with Crippen molar-refractivity contribution >= 4 is 18.5 Å². The molecule has 2 amide bonds. The number of likely N-dealkylation sites (N-methyl/N-ethyl adjacent to an activating group) is 1. The summed E-state index contributed by atoms with van der Waals surface area (Å²) in [4.78, 5) is 36.2. The Morgan fingerprint density at radius 2 is 1.48 bits per heavy atom. The molecule has 0 bridgehead atoms. The Bertz CT molecular complexity index is 737. The summed E-state index contributed by atoms with van der Waals surface area (Å²) in [7, 11) is 1.43. The van der Waals surface area contributed by atoms with E-state index in [1.54, 1.807) is 0 Å². The predicted octanol–water partition coefficient (Wildman–Crippen LogP) is 2.75. The minimum absolute atomic E-state index is 0.0753. The van der Waals surface area contributed by atoms with Crippen molar-refractivity contribution in [2.45, 2.75) is 19.3 Å². The molecule has 2 rings (SSSR count). The first-order valence-corrected chi connectivity index (χ1v) is 8.43. The predicted molar refractivity (Wildman–Crippen MR) is 98.9 cm³/mol. The van der Waals surface area contributed by atoms with E-state index in [1.165, 1.54) is 7.05 Å². The molecule has 2 aromatic rings. The number of hydrogen-bond acceptors (Lipinski definition) is 5. The number of nitrogens with one attached hydrogen (secondary N) is 1. The summed E-state index contributed by atoms with van der Waals surface area (Å²) in [5.41, 5.74) is 1.69. The highest BCUT2D eigenvalue weighted by atomic mass is 16.6. The molecule has 7 heteroatoms. The highest BCUT2D eigenvalue weighted by Gasteiger charge is 2.21. The van der Waals surface area contributed by atoms with Crippen molar-refractivity contribution in [3.05, 3.63) is 71.8 Å². The van der Waals surface area contributed by atoms with Gasteiger partial charge in [-0.3, -0.25) is 4.90 Å². The van der Waals surface area contributed by atoms with Crippen LogP contribution < -0.4 is 5.32 Å². The van der Waals surface area contributed by atoms with Gasteiger partial charge in [0, 0.05) is 13.6 Å². The number of rotatable bonds is 8. The molecule has 0 spiro atoms. The minimum Gasteiger partial charge on any atom is -0.445 e. The lowest BCUT2D eigenvalue weighted by Gasteiger charge is -2.23. The third-order valence-corrected chi connectivity index (χ3v) is 3.82. The van der Waals surface area contributed by atoms with Crippen LogP contribution in [0.5, 0.6) is 0 Å². The Balaban J connectivity index is 1.74. The first-order valence-electron chi connectivity index (χ1n) is 8.43. The molecule has 0 aliphatic carbocycles. The molecule has 0 aromatic heterocycles. The van der Waals surface area contributed by atoms with Crippen LogP contribution in [0.15, 0.2) is 60.7 Å². The SMILES string of the molecule is CN(C(=O)OCc1ccccc1)C(C=O)CNC(=O)OCc1ccccc1. The van der Waals surface area contributed by atoms with Gasteiger partial charge in [-0.1, -0.05) is 60.7 Å². The van der Waals surface area contributed by atoms with E-state index < -0.39 is 18.2 Å². The molecule has 1 atom stereocenters. The van der Waals surface area contributed by atoms with Crippen LogP contribution in [0.4, 0.5) is 9.59 Å². The average Bonchev–Trinajstić information content (AvgIpc) is 2.72. The third kappa shape index (κ3) is 6.81. The smallest absolute Gasteiger partial charge is 0.410 e. The van der Waals surface area contributed by atoms with Gasteiger partial charge in [-0.25, -0.2) is 9.59 Å². The topological polar surface area (TPSA) is 84.9 Å². The number of benzene rings is 2. The van der Waals surface area contributed by atoms with Crippen molar-refractivity contribution in [3.63, 3.8) is 0 Å². The van der Waals surface area contributed by atoms with Crippen LogP contribution >= 0.6 is 0 Å². The maximum absolute atomic E-state index is 12.1. The van der Waals surface area contributed by atoms with E-state index in [0.29, 0.717) is 6.29 Å². The molecule has 0 radical (unpaired) electrons. The van der Waals surface area contributed by atoms with E-state index in [1.807, 2.05) is 60.7 Å². The van der Waals surface area contributed by atoms with Crippen LogP contribution in [0.1, 0.15) is 11.1 Å². The van der Waals surface area contributed by atoms with E-state index in [2.05, 4.69) is 5.32 Å². The summed E-state index contributed by atoms with van der Waals surface area (Å²) in [6, 6.07) is 17.5. The van der Waals surface area contributed by atoms with E-state index in [0.717, 1.165) is 16.0 Å². The third-order valence-electron chi connectivity index (χ3n) is 3.82. The van der Waals surface area contributed by atoms with Crippen molar-refractivity contribution in [1.82, 2.24) is 10.2 Å². The van der Waals surface area contributed by atoms with Gasteiger partial charge in [0.2, 0.25) is 0 Å². The molecule has 0 fully saturated rings. The maximum Gasteiger partial charge on any atom is 0.410 e. The molecule has 1 unspecified atom stereocenters. The number of nitrogens with zero attached hydrogens (tertiary/aromatic N) is 1. The molecule has 0 heterocycles. The first kappa shape index (κ1) is 20.0. The molecule has 7 nitrogen and oxygen atoms in total. The van der Waals surface area contributed by atoms with Crippen LogP contribution in [0.2, 0.25) is 0 Å². The highest BCUT2D eigenvalue weighted by Crippen LogP contribution is 2.04. The monoisotopic (exact) mass is 370 g/mol. The fourth-order valence-electron chi connectivity index (χ4n) is 2.19. The minimum atomic E-state index is -0.863. The molecule has 27 heavy (non-hydrogen) atoms. The Morgan fingerprint density at radius 3 is 2.00 bits per heavy atom. The van der Waals surface area contributed by atoms with Gasteiger partial charge in [0.25, 0.3) is 0 Å². The first-order chi connectivity index (χ1) is 13.1. The van der Waals surface area contributed by atoms with Crippen molar-refractivity contribution in [2.75, 3.05) is 13.6 Å². The molecule has 1 N–H and O–H groups in total. The fourth-order valence-corrected chi connectivity index (χ4v) is 2.19. The van der Waals surface area contributed by atoms with Gasteiger partial charge >= 0.3 is 12.2 Å². The number of aldehydes is 1. The summed E-state index contributed by atoms with van der Waals surface area (Å²) in [5, 5.41) is 2.47. The molecule has 0 saturated carbocycles. The standard InChI is InChI=1S/C20H22N2O5/c1-22(20(25)27-15-17-10-6-3-7-11-17)18(13-23)12-21-19(24)26-14-16-8-4-2-5-9-16/h2-11,13,18H,12,14-15H2,1H3,(H,21,24). The number of alkyl carbamates (subject to hydrolysis) is 1. The van der Waals surface area contributed by atoms with E-state index >= 15 is 0 Å². The lowest BCUT2D eigenvalue weighted by molar-refractivity contribution is -0.111. The molecular weight excluding hydrogens is 348 g/mol. The molecule has 142 valence electrons. The van der Waals surface area contributed by atoms with Gasteiger partial charge < -0.3 is 19.6 Å². The summed E-state index contributed by atoms with van der Waals surface area (Å²) in [6.07, 6.45) is -0.756. The Labute approximate surface area is 157 Å². The van der Waals surface area contributed by atoms with Gasteiger partial charge in [0.05, 0.1) is 0 Å². The van der Waals surface area contributed by atoms with Crippen molar-refractivity contribution in [2.24, 2.45) is 0 Å². The lowest BCUT2D eigenvalue weighted by Crippen LogP contribution is -2.46. The Kier molecular flexibility index (Phi) is 7.84. The van der Waals surface area contributed by atoms with Crippen LogP contribution in [0.3, 0.4) is 0 Å². The number of hydrogen-bond donors (Lipinski definition) is 1. The maximum atomic E-state index is 12.1. The van der Waals surface area contributed by atoms with Gasteiger partial charge in [-0.05, 0) is 11.1 Å². The zero-order valence-corrected chi connectivity index (χ0v) is 15.0. The summed E-state index contributed by atoms with van der Waals surface area (Å²) in [5.74, 6) is 0. The van der Waals surface area contributed by atoms with Crippen LogP contribution in [-0.4, -0.2) is 43.0 Å². The Morgan fingerprint density at radius 1 is 0.963 bits per heavy atom. The summed E-state index contributed by atoms with van der Waals surface area (Å²) in [6.45, 7) is 0.142. The zero-order valence-electron chi connectivity index (χ0n) is 15.0. The second-order valence-corrected chi connectivity index (χ2v) is 5.80. The molecule has 0 aliphatic heterocycles. The van der Waals surface area contributed by atoms with Gasteiger partial charge in [0.1, 0.15) is 25.5 Å². The van der Waals surface area contributed by atoms with Gasteiger partial charge in [-0.15, -0.1) is 0 Å². The molecule has 0 aliphatic rings. The van der Waals surface area contributed by atoms with Crippen molar-refractivity contribution in [1.29, 1.82) is 0 Å².